The molecule has 0 unspecified atom stereocenters. The van der Waals surface area contributed by atoms with Gasteiger partial charge in [0.05, 0.1) is 18.2 Å². The summed E-state index contributed by atoms with van der Waals surface area (Å²) < 4.78 is 7.67. The molecule has 4 aromatic rings. The van der Waals surface area contributed by atoms with Gasteiger partial charge in [0.2, 0.25) is 0 Å². The average Bonchev–Trinajstić information content (AvgIpc) is 3.27. The second-order valence-corrected chi connectivity index (χ2v) is 8.51. The zero-order valence-electron chi connectivity index (χ0n) is 18.7. The minimum absolute atomic E-state index is 0.149. The van der Waals surface area contributed by atoms with Gasteiger partial charge in [0.25, 0.3) is 0 Å². The first kappa shape index (κ1) is 20.8. The van der Waals surface area contributed by atoms with E-state index in [4.69, 9.17) is 4.74 Å². The van der Waals surface area contributed by atoms with Crippen LogP contribution in [-0.2, 0) is 4.74 Å². The number of piperazine rings is 1. The van der Waals surface area contributed by atoms with Crippen LogP contribution in [0.5, 0.6) is 0 Å². The zero-order valence-corrected chi connectivity index (χ0v) is 18.7. The Bertz CT molecular complexity index is 1090. The molecule has 1 aliphatic heterocycles. The second-order valence-electron chi connectivity index (χ2n) is 8.51. The lowest BCUT2D eigenvalue weighted by Crippen LogP contribution is -2.47. The zero-order chi connectivity index (χ0) is 21.8. The van der Waals surface area contributed by atoms with Crippen LogP contribution in [0.3, 0.4) is 0 Å². The lowest BCUT2D eigenvalue weighted by molar-refractivity contribution is 0.144. The molecular formula is C28H31N3O. The van der Waals surface area contributed by atoms with Crippen LogP contribution in [0.15, 0.2) is 91.1 Å². The molecule has 32 heavy (non-hydrogen) atoms. The predicted octanol–water partition coefficient (Wildman–Crippen LogP) is 5.05. The van der Waals surface area contributed by atoms with E-state index in [2.05, 4.69) is 105 Å². The maximum absolute atomic E-state index is 5.25. The topological polar surface area (TPSA) is 20.6 Å². The summed E-state index contributed by atoms with van der Waals surface area (Å²) in [5, 5.41) is 1.28. The Balaban J connectivity index is 1.48. The van der Waals surface area contributed by atoms with Crippen molar-refractivity contribution in [2.45, 2.75) is 6.04 Å². The third kappa shape index (κ3) is 4.29. The molecule has 1 aliphatic rings. The molecule has 0 amide bonds. The maximum atomic E-state index is 5.25. The fraction of sp³-hybridized carbons (Fsp3) is 0.286. The molecule has 1 aromatic heterocycles. The van der Waals surface area contributed by atoms with E-state index in [-0.39, 0.29) is 6.04 Å². The number of methoxy groups -OCH3 is 1. The molecule has 0 aliphatic carbocycles. The Hall–Kier alpha value is -3.08. The van der Waals surface area contributed by atoms with Crippen LogP contribution in [0.25, 0.3) is 10.9 Å². The highest BCUT2D eigenvalue weighted by molar-refractivity contribution is 5.84. The summed E-state index contributed by atoms with van der Waals surface area (Å²) in [6.07, 6.45) is 2.24. The molecule has 0 spiro atoms. The summed E-state index contributed by atoms with van der Waals surface area (Å²) >= 11 is 0. The van der Waals surface area contributed by atoms with E-state index in [1.165, 1.54) is 27.7 Å². The normalized spacial score (nSPS) is 15.0. The van der Waals surface area contributed by atoms with Gasteiger partial charge in [0, 0.05) is 51.7 Å². The smallest absolute Gasteiger partial charge is 0.0839 e. The Labute approximate surface area is 190 Å². The highest BCUT2D eigenvalue weighted by Gasteiger charge is 2.20. The Kier molecular flexibility index (Phi) is 6.24. The van der Waals surface area contributed by atoms with Crippen molar-refractivity contribution in [3.63, 3.8) is 0 Å². The van der Waals surface area contributed by atoms with E-state index in [0.29, 0.717) is 0 Å². The average molecular weight is 426 g/mol. The van der Waals surface area contributed by atoms with Gasteiger partial charge < -0.3 is 14.2 Å². The molecule has 0 saturated carbocycles. The number of rotatable bonds is 7. The first-order chi connectivity index (χ1) is 15.8. The summed E-state index contributed by atoms with van der Waals surface area (Å²) in [5.74, 6) is 0. The molecule has 1 saturated heterocycles. The van der Waals surface area contributed by atoms with Crippen molar-refractivity contribution in [3.05, 3.63) is 102 Å². The van der Waals surface area contributed by atoms with E-state index in [1.54, 1.807) is 7.11 Å². The summed E-state index contributed by atoms with van der Waals surface area (Å²) in [6, 6.07) is 30.9. The number of aromatic nitrogens is 1. The summed E-state index contributed by atoms with van der Waals surface area (Å²) in [5.41, 5.74) is 5.19. The van der Waals surface area contributed by atoms with Crippen LogP contribution in [0.4, 0.5) is 5.69 Å². The first-order valence-electron chi connectivity index (χ1n) is 11.5. The molecule has 4 heteroatoms. The molecule has 0 N–H and O–H groups in total. The van der Waals surface area contributed by atoms with E-state index in [9.17, 15) is 0 Å². The van der Waals surface area contributed by atoms with Crippen molar-refractivity contribution in [1.82, 2.24) is 9.47 Å². The molecule has 5 rings (SSSR count). The predicted molar refractivity (Wildman–Crippen MR) is 133 cm³/mol. The number of fused-ring (bicyclic) bond motifs is 1. The maximum Gasteiger partial charge on any atom is 0.0839 e. The summed E-state index contributed by atoms with van der Waals surface area (Å²) in [6.45, 7) is 6.09. The lowest BCUT2D eigenvalue weighted by Gasteiger charge is -2.36. The standard InChI is InChI=1S/C28H31N3O/c1-32-21-20-29-16-18-30(19-17-29)26-13-12-23-14-15-31(27(23)22-26)28(24-8-4-2-5-9-24)25-10-6-3-7-11-25/h2-15,22,28H,16-21H2,1H3. The number of ether oxygens (including phenoxy) is 1. The summed E-state index contributed by atoms with van der Waals surface area (Å²) in [7, 11) is 1.78. The third-order valence-corrected chi connectivity index (χ3v) is 6.56. The van der Waals surface area contributed by atoms with Gasteiger partial charge in [-0.3, -0.25) is 4.90 Å². The van der Waals surface area contributed by atoms with E-state index in [1.807, 2.05) is 0 Å². The van der Waals surface area contributed by atoms with Crippen molar-refractivity contribution >= 4 is 16.6 Å². The SMILES string of the molecule is COCCN1CCN(c2ccc3ccn(C(c4ccccc4)c4ccccc4)c3c2)CC1. The molecule has 0 radical (unpaired) electrons. The van der Waals surface area contributed by atoms with E-state index >= 15 is 0 Å². The molecule has 0 atom stereocenters. The Morgan fingerprint density at radius 2 is 1.44 bits per heavy atom. The lowest BCUT2D eigenvalue weighted by atomic mass is 9.98. The van der Waals surface area contributed by atoms with Crippen molar-refractivity contribution in [1.29, 1.82) is 0 Å². The van der Waals surface area contributed by atoms with Crippen LogP contribution in [0.1, 0.15) is 17.2 Å². The highest BCUT2D eigenvalue weighted by atomic mass is 16.5. The molecule has 4 nitrogen and oxygen atoms in total. The monoisotopic (exact) mass is 425 g/mol. The van der Waals surface area contributed by atoms with Crippen molar-refractivity contribution < 1.29 is 4.74 Å². The van der Waals surface area contributed by atoms with Gasteiger partial charge in [-0.05, 0) is 34.7 Å². The molecule has 3 aromatic carbocycles. The Morgan fingerprint density at radius 3 is 2.06 bits per heavy atom. The van der Waals surface area contributed by atoms with Gasteiger partial charge >= 0.3 is 0 Å². The molecular weight excluding hydrogens is 394 g/mol. The van der Waals surface area contributed by atoms with E-state index in [0.717, 1.165) is 39.3 Å². The number of hydrogen-bond donors (Lipinski definition) is 0. The number of nitrogens with zero attached hydrogens (tertiary/aromatic N) is 3. The minimum Gasteiger partial charge on any atom is -0.383 e. The molecule has 164 valence electrons. The van der Waals surface area contributed by atoms with Gasteiger partial charge in [-0.1, -0.05) is 66.7 Å². The van der Waals surface area contributed by atoms with Crippen LogP contribution in [-0.4, -0.2) is 55.9 Å². The Morgan fingerprint density at radius 1 is 0.781 bits per heavy atom. The van der Waals surface area contributed by atoms with Gasteiger partial charge in [0.15, 0.2) is 0 Å². The van der Waals surface area contributed by atoms with Crippen LogP contribution < -0.4 is 4.90 Å². The fourth-order valence-corrected chi connectivity index (χ4v) is 4.79. The highest BCUT2D eigenvalue weighted by Crippen LogP contribution is 2.32. The van der Waals surface area contributed by atoms with E-state index < -0.39 is 0 Å². The molecule has 0 bridgehead atoms. The van der Waals surface area contributed by atoms with Gasteiger partial charge in [-0.2, -0.15) is 0 Å². The molecule has 1 fully saturated rings. The number of anilines is 1. The molecule has 2 heterocycles. The van der Waals surface area contributed by atoms with Gasteiger partial charge in [0.1, 0.15) is 0 Å². The second kappa shape index (κ2) is 9.60. The van der Waals surface area contributed by atoms with Gasteiger partial charge in [-0.15, -0.1) is 0 Å². The van der Waals surface area contributed by atoms with Crippen LogP contribution in [0, 0.1) is 0 Å². The van der Waals surface area contributed by atoms with Crippen molar-refractivity contribution in [3.8, 4) is 0 Å². The minimum atomic E-state index is 0.149. The van der Waals surface area contributed by atoms with Gasteiger partial charge in [-0.25, -0.2) is 0 Å². The number of benzene rings is 3. The third-order valence-electron chi connectivity index (χ3n) is 6.56. The first-order valence-corrected chi connectivity index (χ1v) is 11.5. The summed E-state index contributed by atoms with van der Waals surface area (Å²) in [4.78, 5) is 5.00. The fourth-order valence-electron chi connectivity index (χ4n) is 4.79. The van der Waals surface area contributed by atoms with Crippen LogP contribution in [0.2, 0.25) is 0 Å². The van der Waals surface area contributed by atoms with Crippen molar-refractivity contribution in [2.24, 2.45) is 0 Å². The largest absolute Gasteiger partial charge is 0.383 e. The number of hydrogen-bond acceptors (Lipinski definition) is 3. The quantitative estimate of drug-likeness (QED) is 0.413. The van der Waals surface area contributed by atoms with Crippen LogP contribution >= 0.6 is 0 Å². The van der Waals surface area contributed by atoms with Crippen molar-refractivity contribution in [2.75, 3.05) is 51.3 Å².